The van der Waals surface area contributed by atoms with E-state index in [1.807, 2.05) is 12.1 Å². The van der Waals surface area contributed by atoms with Crippen LogP contribution in [0, 0.1) is 15.4 Å². The second kappa shape index (κ2) is 5.10. The predicted molar refractivity (Wildman–Crippen MR) is 84.8 cm³/mol. The third kappa shape index (κ3) is 2.46. The van der Waals surface area contributed by atoms with Crippen LogP contribution >= 0.6 is 22.6 Å². The maximum Gasteiger partial charge on any atom is 0.310 e. The zero-order valence-electron chi connectivity index (χ0n) is 11.2. The van der Waals surface area contributed by atoms with Crippen molar-refractivity contribution < 1.29 is 19.4 Å². The van der Waals surface area contributed by atoms with Crippen LogP contribution in [0.4, 0.5) is 5.69 Å². The number of anilines is 1. The number of amides is 1. The van der Waals surface area contributed by atoms with Crippen molar-refractivity contribution in [2.24, 2.45) is 11.8 Å². The smallest absolute Gasteiger partial charge is 0.310 e. The molecule has 0 radical (unpaired) electrons. The zero-order chi connectivity index (χ0) is 15.2. The molecule has 2 N–H and O–H groups in total. The van der Waals surface area contributed by atoms with Crippen molar-refractivity contribution in [1.29, 1.82) is 0 Å². The molecule has 3 rings (SSSR count). The van der Waals surface area contributed by atoms with Crippen LogP contribution in [-0.2, 0) is 14.3 Å². The average molecular weight is 399 g/mol. The number of carboxylic acid groups (broad SMARTS) is 1. The van der Waals surface area contributed by atoms with Crippen molar-refractivity contribution in [3.63, 3.8) is 0 Å². The number of fused-ring (bicyclic) bond motifs is 2. The first-order valence-electron chi connectivity index (χ1n) is 6.57. The number of aliphatic carboxylic acids is 1. The summed E-state index contributed by atoms with van der Waals surface area (Å²) in [5, 5.41) is 12.2. The highest BCUT2D eigenvalue weighted by Gasteiger charge is 2.59. The molecule has 1 aromatic carbocycles. The van der Waals surface area contributed by atoms with Gasteiger partial charge in [-0.2, -0.15) is 0 Å². The van der Waals surface area contributed by atoms with Gasteiger partial charge in [-0.1, -0.05) is 12.2 Å². The van der Waals surface area contributed by atoms with E-state index in [-0.39, 0.29) is 5.91 Å². The van der Waals surface area contributed by atoms with Gasteiger partial charge in [-0.25, -0.2) is 0 Å². The molecule has 0 aromatic heterocycles. The summed E-state index contributed by atoms with van der Waals surface area (Å²) in [5.41, 5.74) is -0.194. The van der Waals surface area contributed by atoms with Crippen LogP contribution in [0.3, 0.4) is 0 Å². The van der Waals surface area contributed by atoms with E-state index in [0.717, 1.165) is 3.57 Å². The lowest BCUT2D eigenvalue weighted by atomic mass is 9.75. The number of rotatable bonds is 3. The second-order valence-electron chi connectivity index (χ2n) is 5.46. The van der Waals surface area contributed by atoms with Crippen molar-refractivity contribution in [2.75, 3.05) is 5.32 Å². The fraction of sp³-hybridized carbons (Fsp3) is 0.333. The Bertz CT molecular complexity index is 627. The normalized spacial score (nSPS) is 33.1. The molecule has 1 aromatic rings. The third-order valence-corrected chi connectivity index (χ3v) is 4.74. The molecule has 0 aliphatic carbocycles. The number of carboxylic acids is 1. The number of hydrogen-bond acceptors (Lipinski definition) is 3. The monoisotopic (exact) mass is 399 g/mol. The lowest BCUT2D eigenvalue weighted by molar-refractivity contribution is -0.146. The molecule has 0 saturated carbocycles. The molecule has 0 unspecified atom stereocenters. The summed E-state index contributed by atoms with van der Waals surface area (Å²) in [6, 6.07) is 7.34. The Morgan fingerprint density at radius 2 is 2.00 bits per heavy atom. The van der Waals surface area contributed by atoms with Crippen LogP contribution in [0.5, 0.6) is 0 Å². The SMILES string of the molecule is C[C@@]12C=C[C@@H](O1)[C@H](C(=O)O)[C@H]2C(=O)Nc1ccc(I)cc1. The Hall–Kier alpha value is -1.41. The van der Waals surface area contributed by atoms with Gasteiger partial charge in [0, 0.05) is 9.26 Å². The quantitative estimate of drug-likeness (QED) is 0.604. The van der Waals surface area contributed by atoms with Crippen molar-refractivity contribution >= 4 is 40.2 Å². The highest BCUT2D eigenvalue weighted by molar-refractivity contribution is 14.1. The van der Waals surface area contributed by atoms with Crippen LogP contribution in [-0.4, -0.2) is 28.7 Å². The van der Waals surface area contributed by atoms with Crippen LogP contribution in [0.15, 0.2) is 36.4 Å². The molecule has 2 bridgehead atoms. The van der Waals surface area contributed by atoms with Gasteiger partial charge < -0.3 is 15.2 Å². The Kier molecular flexibility index (Phi) is 3.53. The van der Waals surface area contributed by atoms with Gasteiger partial charge in [0.05, 0.1) is 17.6 Å². The van der Waals surface area contributed by atoms with E-state index in [0.29, 0.717) is 5.69 Å². The van der Waals surface area contributed by atoms with Gasteiger partial charge in [-0.3, -0.25) is 9.59 Å². The van der Waals surface area contributed by atoms with Gasteiger partial charge in [0.25, 0.3) is 0 Å². The minimum atomic E-state index is -1.00. The molecule has 1 fully saturated rings. The number of hydrogen-bond donors (Lipinski definition) is 2. The fourth-order valence-electron chi connectivity index (χ4n) is 3.03. The molecule has 1 saturated heterocycles. The van der Waals surface area contributed by atoms with E-state index >= 15 is 0 Å². The van der Waals surface area contributed by atoms with Gasteiger partial charge >= 0.3 is 5.97 Å². The Morgan fingerprint density at radius 3 is 2.62 bits per heavy atom. The maximum absolute atomic E-state index is 12.5. The number of halogens is 1. The standard InChI is InChI=1S/C15H14INO4/c1-15-7-6-10(21-15)11(14(19)20)12(15)13(18)17-9-4-2-8(16)3-5-9/h2-7,10-12H,1H3,(H,17,18)(H,19,20)/t10-,11+,12+,15+/m1/s1. The lowest BCUT2D eigenvalue weighted by Gasteiger charge is -2.27. The van der Waals surface area contributed by atoms with Crippen LogP contribution < -0.4 is 5.32 Å². The van der Waals surface area contributed by atoms with Crippen molar-refractivity contribution in [2.45, 2.75) is 18.6 Å². The van der Waals surface area contributed by atoms with Crippen LogP contribution in [0.2, 0.25) is 0 Å². The molecule has 2 aliphatic rings. The van der Waals surface area contributed by atoms with Gasteiger partial charge in [-0.05, 0) is 53.8 Å². The first-order chi connectivity index (χ1) is 9.90. The second-order valence-corrected chi connectivity index (χ2v) is 6.71. The molecule has 21 heavy (non-hydrogen) atoms. The lowest BCUT2D eigenvalue weighted by Crippen LogP contribution is -2.44. The predicted octanol–water partition coefficient (Wildman–Crippen LogP) is 2.27. The Morgan fingerprint density at radius 1 is 1.33 bits per heavy atom. The van der Waals surface area contributed by atoms with E-state index in [1.54, 1.807) is 31.2 Å². The summed E-state index contributed by atoms with van der Waals surface area (Å²) in [7, 11) is 0. The van der Waals surface area contributed by atoms with Gasteiger partial charge in [0.15, 0.2) is 0 Å². The largest absolute Gasteiger partial charge is 0.481 e. The summed E-state index contributed by atoms with van der Waals surface area (Å²) in [6.07, 6.45) is 2.99. The summed E-state index contributed by atoms with van der Waals surface area (Å²) in [4.78, 5) is 24.0. The van der Waals surface area contributed by atoms with E-state index in [4.69, 9.17) is 4.74 Å². The van der Waals surface area contributed by atoms with E-state index in [2.05, 4.69) is 27.9 Å². The molecule has 5 nitrogen and oxygen atoms in total. The van der Waals surface area contributed by atoms with Crippen molar-refractivity contribution in [3.8, 4) is 0 Å². The molecule has 6 heteroatoms. The fourth-order valence-corrected chi connectivity index (χ4v) is 3.39. The highest BCUT2D eigenvalue weighted by Crippen LogP contribution is 2.47. The van der Waals surface area contributed by atoms with E-state index < -0.39 is 29.5 Å². The minimum Gasteiger partial charge on any atom is -0.481 e. The van der Waals surface area contributed by atoms with Gasteiger partial charge in [0.1, 0.15) is 5.92 Å². The molecule has 4 atom stereocenters. The van der Waals surface area contributed by atoms with E-state index in [1.165, 1.54) is 0 Å². The molecular formula is C15H14INO4. The first kappa shape index (κ1) is 14.5. The molecule has 1 amide bonds. The average Bonchev–Trinajstić information content (AvgIpc) is 2.94. The van der Waals surface area contributed by atoms with Gasteiger partial charge in [0.2, 0.25) is 5.91 Å². The Labute approximate surface area is 135 Å². The number of carbonyl (C=O) groups excluding carboxylic acids is 1. The van der Waals surface area contributed by atoms with Crippen LogP contribution in [0.1, 0.15) is 6.92 Å². The zero-order valence-corrected chi connectivity index (χ0v) is 13.4. The third-order valence-electron chi connectivity index (χ3n) is 4.02. The van der Waals surface area contributed by atoms with Gasteiger partial charge in [-0.15, -0.1) is 0 Å². The molecule has 2 heterocycles. The molecular weight excluding hydrogens is 385 g/mol. The first-order valence-corrected chi connectivity index (χ1v) is 7.65. The molecule has 2 aliphatic heterocycles. The molecule has 0 spiro atoms. The molecule has 110 valence electrons. The maximum atomic E-state index is 12.5. The number of benzene rings is 1. The number of nitrogens with one attached hydrogen (secondary N) is 1. The number of ether oxygens (including phenoxy) is 1. The Balaban J connectivity index is 1.84. The summed E-state index contributed by atoms with van der Waals surface area (Å²) < 4.78 is 6.73. The van der Waals surface area contributed by atoms with Crippen LogP contribution in [0.25, 0.3) is 0 Å². The topological polar surface area (TPSA) is 75.6 Å². The highest BCUT2D eigenvalue weighted by atomic mass is 127. The summed E-state index contributed by atoms with van der Waals surface area (Å²) in [6.45, 7) is 1.75. The van der Waals surface area contributed by atoms with Crippen molar-refractivity contribution in [1.82, 2.24) is 0 Å². The summed E-state index contributed by atoms with van der Waals surface area (Å²) >= 11 is 2.18. The van der Waals surface area contributed by atoms with E-state index in [9.17, 15) is 14.7 Å². The summed E-state index contributed by atoms with van der Waals surface area (Å²) in [5.74, 6) is -2.90. The number of carbonyl (C=O) groups is 2. The van der Waals surface area contributed by atoms with Crippen molar-refractivity contribution in [3.05, 3.63) is 40.0 Å². The minimum absolute atomic E-state index is 0.321.